The minimum Gasteiger partial charge on any atom is -0.496 e. The highest BCUT2D eigenvalue weighted by Crippen LogP contribution is 2.31. The van der Waals surface area contributed by atoms with Gasteiger partial charge in [-0.2, -0.15) is 0 Å². The van der Waals surface area contributed by atoms with E-state index in [1.807, 2.05) is 30.0 Å². The third kappa shape index (κ3) is 3.40. The van der Waals surface area contributed by atoms with Crippen LogP contribution in [0.1, 0.15) is 36.5 Å². The van der Waals surface area contributed by atoms with E-state index in [1.165, 1.54) is 0 Å². The van der Waals surface area contributed by atoms with Gasteiger partial charge in [0.15, 0.2) is 0 Å². The largest absolute Gasteiger partial charge is 0.496 e. The summed E-state index contributed by atoms with van der Waals surface area (Å²) in [7, 11) is 1.62. The normalized spacial score (nSPS) is 21.3. The first-order chi connectivity index (χ1) is 10.1. The molecular weight excluding hydrogens is 332 g/mol. The van der Waals surface area contributed by atoms with Crippen LogP contribution in [-0.4, -0.2) is 37.0 Å². The van der Waals surface area contributed by atoms with Gasteiger partial charge in [0.05, 0.1) is 11.6 Å². The first-order valence-corrected chi connectivity index (χ1v) is 8.26. The van der Waals surface area contributed by atoms with E-state index in [0.29, 0.717) is 24.6 Å². The van der Waals surface area contributed by atoms with Crippen LogP contribution in [0.5, 0.6) is 5.75 Å². The van der Waals surface area contributed by atoms with E-state index >= 15 is 0 Å². The van der Waals surface area contributed by atoms with Crippen LogP contribution in [0.4, 0.5) is 0 Å². The number of rotatable bonds is 5. The van der Waals surface area contributed by atoms with Crippen molar-refractivity contribution in [2.24, 2.45) is 11.7 Å². The summed E-state index contributed by atoms with van der Waals surface area (Å²) in [5.41, 5.74) is 6.54. The van der Waals surface area contributed by atoms with E-state index in [2.05, 4.69) is 15.9 Å². The monoisotopic (exact) mass is 354 g/mol. The van der Waals surface area contributed by atoms with Crippen LogP contribution in [0.2, 0.25) is 0 Å². The fourth-order valence-corrected chi connectivity index (χ4v) is 3.74. The molecule has 2 atom stereocenters. The van der Waals surface area contributed by atoms with E-state index in [9.17, 15) is 4.79 Å². The minimum absolute atomic E-state index is 0.0752. The fourth-order valence-electron chi connectivity index (χ4n) is 3.20. The van der Waals surface area contributed by atoms with Crippen LogP contribution in [0.3, 0.4) is 0 Å². The number of amides is 1. The van der Waals surface area contributed by atoms with Crippen molar-refractivity contribution in [3.63, 3.8) is 0 Å². The maximum absolute atomic E-state index is 12.8. The van der Waals surface area contributed by atoms with Gasteiger partial charge in [0.25, 0.3) is 5.91 Å². The Morgan fingerprint density at radius 2 is 2.24 bits per heavy atom. The van der Waals surface area contributed by atoms with Crippen molar-refractivity contribution in [1.29, 1.82) is 0 Å². The summed E-state index contributed by atoms with van der Waals surface area (Å²) < 4.78 is 6.01. The molecule has 2 rings (SSSR count). The summed E-state index contributed by atoms with van der Waals surface area (Å²) in [5, 5.41) is 0. The number of nitrogens with two attached hydrogens (primary N) is 1. The molecule has 0 heterocycles. The average Bonchev–Trinajstić information content (AvgIpc) is 2.96. The molecule has 1 aromatic rings. The molecule has 2 unspecified atom stereocenters. The highest BCUT2D eigenvalue weighted by Gasteiger charge is 2.33. The van der Waals surface area contributed by atoms with Gasteiger partial charge in [0, 0.05) is 18.2 Å². The summed E-state index contributed by atoms with van der Waals surface area (Å²) in [6.07, 6.45) is 3.33. The summed E-state index contributed by atoms with van der Waals surface area (Å²) in [6.45, 7) is 3.40. The lowest BCUT2D eigenvalue weighted by atomic mass is 10.0. The van der Waals surface area contributed by atoms with Crippen LogP contribution >= 0.6 is 15.9 Å². The Hall–Kier alpha value is -1.07. The topological polar surface area (TPSA) is 55.6 Å². The Kier molecular flexibility index (Phi) is 5.65. The SMILES string of the molecule is CCN(C(=O)c1ccc(OC)c(Br)c1)C1CCCC1CN. The van der Waals surface area contributed by atoms with E-state index < -0.39 is 0 Å². The molecule has 0 aliphatic heterocycles. The average molecular weight is 355 g/mol. The zero-order valence-electron chi connectivity index (χ0n) is 12.6. The van der Waals surface area contributed by atoms with Crippen molar-refractivity contribution in [2.45, 2.75) is 32.2 Å². The number of halogens is 1. The molecule has 0 spiro atoms. The van der Waals surface area contributed by atoms with Gasteiger partial charge in [0.2, 0.25) is 0 Å². The second kappa shape index (κ2) is 7.27. The molecule has 5 heteroatoms. The molecule has 116 valence electrons. The number of carbonyl (C=O) groups excluding carboxylic acids is 1. The van der Waals surface area contributed by atoms with Gasteiger partial charge in [-0.1, -0.05) is 6.42 Å². The number of hydrogen-bond donors (Lipinski definition) is 1. The highest BCUT2D eigenvalue weighted by atomic mass is 79.9. The Morgan fingerprint density at radius 1 is 1.48 bits per heavy atom. The van der Waals surface area contributed by atoms with Crippen molar-refractivity contribution >= 4 is 21.8 Å². The zero-order valence-corrected chi connectivity index (χ0v) is 14.2. The maximum atomic E-state index is 12.8. The lowest BCUT2D eigenvalue weighted by Gasteiger charge is -2.32. The number of hydrogen-bond acceptors (Lipinski definition) is 3. The van der Waals surface area contributed by atoms with Gasteiger partial charge in [-0.05, 0) is 66.4 Å². The predicted molar refractivity (Wildman–Crippen MR) is 87.6 cm³/mol. The molecule has 1 fully saturated rings. The third-order valence-corrected chi connectivity index (χ3v) is 4.94. The summed E-state index contributed by atoms with van der Waals surface area (Å²) >= 11 is 3.44. The van der Waals surface area contributed by atoms with Gasteiger partial charge in [-0.25, -0.2) is 0 Å². The number of methoxy groups -OCH3 is 1. The molecule has 2 N–H and O–H groups in total. The molecule has 1 saturated carbocycles. The van der Waals surface area contributed by atoms with Crippen molar-refractivity contribution in [2.75, 3.05) is 20.2 Å². The molecule has 1 aromatic carbocycles. The first kappa shape index (κ1) is 16.3. The molecule has 0 radical (unpaired) electrons. The maximum Gasteiger partial charge on any atom is 0.254 e. The summed E-state index contributed by atoms with van der Waals surface area (Å²) in [6, 6.07) is 5.74. The van der Waals surface area contributed by atoms with Gasteiger partial charge < -0.3 is 15.4 Å². The molecule has 0 bridgehead atoms. The van der Waals surface area contributed by atoms with Crippen molar-refractivity contribution in [3.05, 3.63) is 28.2 Å². The predicted octanol–water partition coefficient (Wildman–Crippen LogP) is 3.05. The fraction of sp³-hybridized carbons (Fsp3) is 0.562. The van der Waals surface area contributed by atoms with E-state index in [0.717, 1.165) is 29.5 Å². The molecule has 0 aromatic heterocycles. The minimum atomic E-state index is 0.0752. The lowest BCUT2D eigenvalue weighted by molar-refractivity contribution is 0.0652. The van der Waals surface area contributed by atoms with E-state index in [4.69, 9.17) is 10.5 Å². The van der Waals surface area contributed by atoms with Crippen molar-refractivity contribution < 1.29 is 9.53 Å². The van der Waals surface area contributed by atoms with Crippen LogP contribution in [0.15, 0.2) is 22.7 Å². The molecule has 1 aliphatic carbocycles. The van der Waals surface area contributed by atoms with Crippen LogP contribution in [0.25, 0.3) is 0 Å². The van der Waals surface area contributed by atoms with Crippen LogP contribution < -0.4 is 10.5 Å². The zero-order chi connectivity index (χ0) is 15.4. The number of ether oxygens (including phenoxy) is 1. The summed E-state index contributed by atoms with van der Waals surface area (Å²) in [5.74, 6) is 1.23. The summed E-state index contributed by atoms with van der Waals surface area (Å²) in [4.78, 5) is 14.8. The molecular formula is C16H23BrN2O2. The smallest absolute Gasteiger partial charge is 0.254 e. The molecule has 1 amide bonds. The van der Waals surface area contributed by atoms with Crippen LogP contribution in [0, 0.1) is 5.92 Å². The van der Waals surface area contributed by atoms with Gasteiger partial charge in [-0.3, -0.25) is 4.79 Å². The van der Waals surface area contributed by atoms with Gasteiger partial charge >= 0.3 is 0 Å². The Labute approximate surface area is 134 Å². The number of carbonyl (C=O) groups is 1. The highest BCUT2D eigenvalue weighted by molar-refractivity contribution is 9.10. The van der Waals surface area contributed by atoms with Gasteiger partial charge in [0.1, 0.15) is 5.75 Å². The molecule has 21 heavy (non-hydrogen) atoms. The second-order valence-electron chi connectivity index (χ2n) is 5.43. The quantitative estimate of drug-likeness (QED) is 0.883. The Morgan fingerprint density at radius 3 is 2.81 bits per heavy atom. The van der Waals surface area contributed by atoms with E-state index in [-0.39, 0.29) is 11.9 Å². The van der Waals surface area contributed by atoms with E-state index in [1.54, 1.807) is 7.11 Å². The van der Waals surface area contributed by atoms with Crippen molar-refractivity contribution in [3.8, 4) is 5.75 Å². The molecule has 0 saturated heterocycles. The van der Waals surface area contributed by atoms with Crippen LogP contribution in [-0.2, 0) is 0 Å². The lowest BCUT2D eigenvalue weighted by Crippen LogP contribution is -2.44. The molecule has 1 aliphatic rings. The Bertz CT molecular complexity index is 507. The van der Waals surface area contributed by atoms with Gasteiger partial charge in [-0.15, -0.1) is 0 Å². The second-order valence-corrected chi connectivity index (χ2v) is 6.29. The molecule has 4 nitrogen and oxygen atoms in total. The first-order valence-electron chi connectivity index (χ1n) is 7.46. The Balaban J connectivity index is 2.22. The third-order valence-electron chi connectivity index (χ3n) is 4.32. The number of nitrogens with zero attached hydrogens (tertiary/aromatic N) is 1. The standard InChI is InChI=1S/C16H23BrN2O2/c1-3-19(14-6-4-5-12(14)10-18)16(20)11-7-8-15(21-2)13(17)9-11/h7-9,12,14H,3-6,10,18H2,1-2H3. The van der Waals surface area contributed by atoms with Crippen molar-refractivity contribution in [1.82, 2.24) is 4.90 Å². The number of benzene rings is 1.